The number of nitrogens with zero attached hydrogens (tertiary/aromatic N) is 3. The largest absolute Gasteiger partial charge is 0.311 e. The first-order valence-corrected chi connectivity index (χ1v) is 28.0. The van der Waals surface area contributed by atoms with Gasteiger partial charge in [-0.1, -0.05) is 188 Å². The van der Waals surface area contributed by atoms with E-state index in [0.717, 1.165) is 62.3 Å². The maximum Gasteiger partial charge on any atom is 0.0474 e. The molecule has 4 heteroatoms. The topological polar surface area (TPSA) is 9.72 Å². The van der Waals surface area contributed by atoms with Crippen molar-refractivity contribution in [2.75, 3.05) is 14.7 Å². The van der Waals surface area contributed by atoms with Crippen molar-refractivity contribution in [3.63, 3.8) is 0 Å². The van der Waals surface area contributed by atoms with Gasteiger partial charge in [0.2, 0.25) is 0 Å². The summed E-state index contributed by atoms with van der Waals surface area (Å²) in [4.78, 5) is 7.04. The number of hydrogen-bond acceptors (Lipinski definition) is 4. The van der Waals surface area contributed by atoms with Crippen LogP contribution in [0.1, 0.15) is 0 Å². The van der Waals surface area contributed by atoms with Gasteiger partial charge in [-0.2, -0.15) is 0 Å². The van der Waals surface area contributed by atoms with Gasteiger partial charge >= 0.3 is 0 Å². The van der Waals surface area contributed by atoms with Crippen LogP contribution in [0.3, 0.4) is 0 Å². The van der Waals surface area contributed by atoms with Crippen molar-refractivity contribution in [1.82, 2.24) is 0 Å². The molecule has 13 aromatic carbocycles. The predicted octanol–water partition coefficient (Wildman–Crippen LogP) is 22.3. The zero-order valence-corrected chi connectivity index (χ0v) is 44.7. The van der Waals surface area contributed by atoms with E-state index < -0.39 is 0 Å². The van der Waals surface area contributed by atoms with Crippen LogP contribution in [-0.2, 0) is 0 Å². The highest BCUT2D eigenvalue weighted by atomic mass is 32.1. The Bertz CT molecular complexity index is 4350. The van der Waals surface area contributed by atoms with E-state index in [0.29, 0.717) is 0 Å². The Hall–Kier alpha value is -10.3. The van der Waals surface area contributed by atoms with Crippen molar-refractivity contribution in [3.8, 4) is 44.5 Å². The summed E-state index contributed by atoms with van der Waals surface area (Å²) in [6.07, 6.45) is 0. The lowest BCUT2D eigenvalue weighted by molar-refractivity contribution is 1.28. The van der Waals surface area contributed by atoms with E-state index in [1.807, 2.05) is 11.3 Å². The molecule has 3 nitrogen and oxygen atoms in total. The van der Waals surface area contributed by atoms with Crippen LogP contribution in [0.15, 0.2) is 322 Å². The lowest BCUT2D eigenvalue weighted by Gasteiger charge is -2.27. The van der Waals surface area contributed by atoms with E-state index in [1.54, 1.807) is 0 Å². The van der Waals surface area contributed by atoms with Gasteiger partial charge in [0.25, 0.3) is 0 Å². The first-order valence-electron chi connectivity index (χ1n) is 27.2. The van der Waals surface area contributed by atoms with Crippen molar-refractivity contribution in [3.05, 3.63) is 322 Å². The SMILES string of the molecule is c1ccc(-c2cccc(N(c3ccccc3)c3cc(-c4ccc5sc6c(-c7ccc(N(c8ccccc8)c8ccccc8)cc7)cc(-c7ccc(N(c8ccccc8)c8ccccc8)cc7)cc6c5c4)c4ccccc4c3)c2)cc1. The summed E-state index contributed by atoms with van der Waals surface area (Å²) >= 11 is 1.88. The molecule has 0 radical (unpaired) electrons. The highest BCUT2D eigenvalue weighted by Gasteiger charge is 2.21. The van der Waals surface area contributed by atoms with Gasteiger partial charge in [-0.15, -0.1) is 11.3 Å². The van der Waals surface area contributed by atoms with E-state index in [1.165, 1.54) is 64.3 Å². The van der Waals surface area contributed by atoms with Crippen LogP contribution in [0, 0.1) is 0 Å². The Balaban J connectivity index is 0.928. The van der Waals surface area contributed by atoms with Crippen LogP contribution >= 0.6 is 11.3 Å². The number of para-hydroxylation sites is 5. The average Bonchev–Trinajstić information content (AvgIpc) is 4.07. The summed E-state index contributed by atoms with van der Waals surface area (Å²) in [6.45, 7) is 0. The van der Waals surface area contributed by atoms with E-state index in [2.05, 4.69) is 336 Å². The van der Waals surface area contributed by atoms with Gasteiger partial charge < -0.3 is 14.7 Å². The van der Waals surface area contributed by atoms with Crippen molar-refractivity contribution >= 4 is 93.5 Å². The molecular formula is C76H53N3S. The fraction of sp³-hybridized carbons (Fsp3) is 0. The molecule has 0 bridgehead atoms. The Morgan fingerprint density at radius 3 is 1.16 bits per heavy atom. The maximum absolute atomic E-state index is 2.44. The van der Waals surface area contributed by atoms with Crippen molar-refractivity contribution in [1.29, 1.82) is 0 Å². The van der Waals surface area contributed by atoms with Gasteiger partial charge in [0, 0.05) is 76.9 Å². The normalized spacial score (nSPS) is 11.2. The standard InChI is InChI=1S/C76H53N3S/c1-7-22-54(23-8-1)57-25-21-36-68(48-57)79(65-34-17-6-18-35-65)69-49-58-24-19-20-37-70(58)71(53-69)59-42-47-75-73(50-59)74-52-60(55-38-43-66(44-39-55)77(61-26-9-2-10-27-61)62-28-11-3-12-29-62)51-72(76(74)80-75)56-40-45-67(46-41-56)78(63-30-13-4-14-31-63)64-32-15-5-16-33-64/h1-53H. The highest BCUT2D eigenvalue weighted by Crippen LogP contribution is 2.47. The number of fused-ring (bicyclic) bond motifs is 4. The second kappa shape index (κ2) is 21.3. The molecule has 0 saturated heterocycles. The summed E-state index contributed by atoms with van der Waals surface area (Å²) in [5.41, 5.74) is 19.3. The van der Waals surface area contributed by atoms with Gasteiger partial charge in [-0.3, -0.25) is 0 Å². The van der Waals surface area contributed by atoms with Gasteiger partial charge in [-0.05, 0) is 183 Å². The first kappa shape index (κ1) is 48.1. The van der Waals surface area contributed by atoms with Crippen molar-refractivity contribution in [2.45, 2.75) is 0 Å². The van der Waals surface area contributed by atoms with Gasteiger partial charge in [0.05, 0.1) is 0 Å². The van der Waals surface area contributed by atoms with E-state index >= 15 is 0 Å². The second-order valence-electron chi connectivity index (χ2n) is 20.1. The maximum atomic E-state index is 2.44. The number of anilines is 9. The number of hydrogen-bond donors (Lipinski definition) is 0. The monoisotopic (exact) mass is 1040 g/mol. The molecular weight excluding hydrogens is 987 g/mol. The third kappa shape index (κ3) is 9.34. The molecule has 14 rings (SSSR count). The summed E-state index contributed by atoms with van der Waals surface area (Å²) < 4.78 is 2.51. The summed E-state index contributed by atoms with van der Waals surface area (Å²) in [6, 6.07) is 117. The molecule has 1 heterocycles. The molecule has 0 spiro atoms. The molecule has 0 amide bonds. The number of benzene rings is 13. The first-order chi connectivity index (χ1) is 39.7. The molecule has 0 aliphatic rings. The molecule has 378 valence electrons. The van der Waals surface area contributed by atoms with Crippen molar-refractivity contribution in [2.24, 2.45) is 0 Å². The molecule has 0 atom stereocenters. The van der Waals surface area contributed by atoms with Crippen LogP contribution in [0.5, 0.6) is 0 Å². The average molecular weight is 1040 g/mol. The zero-order chi connectivity index (χ0) is 53.2. The third-order valence-electron chi connectivity index (χ3n) is 15.2. The Morgan fingerprint density at radius 2 is 0.613 bits per heavy atom. The molecule has 14 aromatic rings. The minimum Gasteiger partial charge on any atom is -0.311 e. The van der Waals surface area contributed by atoms with Gasteiger partial charge in [0.1, 0.15) is 0 Å². The van der Waals surface area contributed by atoms with Crippen LogP contribution in [-0.4, -0.2) is 0 Å². The quantitative estimate of drug-likeness (QED) is 0.114. The van der Waals surface area contributed by atoms with Crippen LogP contribution in [0.2, 0.25) is 0 Å². The molecule has 80 heavy (non-hydrogen) atoms. The smallest absolute Gasteiger partial charge is 0.0474 e. The van der Waals surface area contributed by atoms with Crippen LogP contribution in [0.4, 0.5) is 51.2 Å². The number of rotatable bonds is 13. The predicted molar refractivity (Wildman–Crippen MR) is 343 cm³/mol. The summed E-state index contributed by atoms with van der Waals surface area (Å²) in [5, 5.41) is 4.87. The van der Waals surface area contributed by atoms with Gasteiger partial charge in [0.15, 0.2) is 0 Å². The van der Waals surface area contributed by atoms with Crippen LogP contribution in [0.25, 0.3) is 75.5 Å². The van der Waals surface area contributed by atoms with E-state index in [-0.39, 0.29) is 0 Å². The lowest BCUT2D eigenvalue weighted by Crippen LogP contribution is -2.10. The minimum absolute atomic E-state index is 1.10. The lowest BCUT2D eigenvalue weighted by atomic mass is 9.93. The Labute approximate surface area is 471 Å². The Kier molecular flexibility index (Phi) is 12.8. The Morgan fingerprint density at radius 1 is 0.200 bits per heavy atom. The minimum atomic E-state index is 1.10. The fourth-order valence-corrected chi connectivity index (χ4v) is 12.6. The zero-order valence-electron chi connectivity index (χ0n) is 43.8. The molecule has 0 aliphatic carbocycles. The summed E-state index contributed by atoms with van der Waals surface area (Å²) in [7, 11) is 0. The van der Waals surface area contributed by atoms with Crippen LogP contribution < -0.4 is 14.7 Å². The number of thiophene rings is 1. The van der Waals surface area contributed by atoms with E-state index in [4.69, 9.17) is 0 Å². The van der Waals surface area contributed by atoms with E-state index in [9.17, 15) is 0 Å². The fourth-order valence-electron chi connectivity index (χ4n) is 11.4. The highest BCUT2D eigenvalue weighted by molar-refractivity contribution is 7.26. The second-order valence-corrected chi connectivity index (χ2v) is 21.2. The summed E-state index contributed by atoms with van der Waals surface area (Å²) in [5.74, 6) is 0. The molecule has 0 fully saturated rings. The molecule has 0 saturated carbocycles. The van der Waals surface area contributed by atoms with Gasteiger partial charge in [-0.25, -0.2) is 0 Å². The van der Waals surface area contributed by atoms with Crippen molar-refractivity contribution < 1.29 is 0 Å². The molecule has 0 unspecified atom stereocenters. The molecule has 1 aromatic heterocycles. The molecule has 0 N–H and O–H groups in total. The molecule has 0 aliphatic heterocycles. The third-order valence-corrected chi connectivity index (χ3v) is 16.4.